The van der Waals surface area contributed by atoms with Gasteiger partial charge in [-0.3, -0.25) is 4.57 Å². The van der Waals surface area contributed by atoms with Crippen LogP contribution in [0, 0.1) is 0 Å². The van der Waals surface area contributed by atoms with Crippen molar-refractivity contribution >= 4 is 12.1 Å². The van der Waals surface area contributed by atoms with Crippen molar-refractivity contribution in [1.29, 1.82) is 0 Å². The first-order valence-corrected chi connectivity index (χ1v) is 9.51. The zero-order valence-electron chi connectivity index (χ0n) is 16.3. The number of imidazole rings is 1. The van der Waals surface area contributed by atoms with E-state index < -0.39 is 23.8 Å². The van der Waals surface area contributed by atoms with E-state index in [1.165, 1.54) is 24.1 Å². The molecule has 154 valence electrons. The molecule has 0 saturated heterocycles. The van der Waals surface area contributed by atoms with Crippen LogP contribution in [0.15, 0.2) is 65.7 Å². The molecule has 0 spiro atoms. The molecule has 1 aliphatic rings. The number of aromatic amines is 1. The molecule has 1 atom stereocenters. The van der Waals surface area contributed by atoms with Crippen LogP contribution in [-0.4, -0.2) is 41.4 Å². The number of alkyl carbamates (subject to hydrolysis) is 1. The number of rotatable bonds is 6. The average Bonchev–Trinajstić information content (AvgIpc) is 3.32. The average molecular weight is 407 g/mol. The lowest BCUT2D eigenvalue weighted by Crippen LogP contribution is -2.46. The highest BCUT2D eigenvalue weighted by Crippen LogP contribution is 2.44. The quantitative estimate of drug-likeness (QED) is 0.610. The Balaban J connectivity index is 1.45. The van der Waals surface area contributed by atoms with Gasteiger partial charge in [0, 0.05) is 18.3 Å². The summed E-state index contributed by atoms with van der Waals surface area (Å²) in [7, 11) is 1.22. The molecule has 0 radical (unpaired) electrons. The Kier molecular flexibility index (Phi) is 5.38. The molecular formula is C22H21N3O5. The summed E-state index contributed by atoms with van der Waals surface area (Å²) in [4.78, 5) is 38.7. The lowest BCUT2D eigenvalue weighted by molar-refractivity contribution is -0.143. The second-order valence-electron chi connectivity index (χ2n) is 6.96. The molecular weight excluding hydrogens is 386 g/mol. The zero-order valence-corrected chi connectivity index (χ0v) is 16.3. The van der Waals surface area contributed by atoms with Gasteiger partial charge in [-0.2, -0.15) is 0 Å². The highest BCUT2D eigenvalue weighted by molar-refractivity contribution is 5.82. The Morgan fingerprint density at radius 2 is 1.73 bits per heavy atom. The first kappa shape index (κ1) is 19.5. The Morgan fingerprint density at radius 1 is 1.10 bits per heavy atom. The van der Waals surface area contributed by atoms with E-state index in [-0.39, 0.29) is 19.1 Å². The molecule has 30 heavy (non-hydrogen) atoms. The standard InChI is InChI=1S/C22H21N3O5/c1-29-20(26)19(12-25-11-10-23-21(25)27)24-22(28)30-13-18-16-8-4-2-6-14(16)15-7-3-5-9-17(15)18/h2-11,18-19H,12-13H2,1H3,(H,23,27)(H,24,28)/t19-/m0/s1. The summed E-state index contributed by atoms with van der Waals surface area (Å²) < 4.78 is 11.5. The number of amides is 1. The van der Waals surface area contributed by atoms with Crippen molar-refractivity contribution in [3.63, 3.8) is 0 Å². The number of fused-ring (bicyclic) bond motifs is 3. The molecule has 0 bridgehead atoms. The van der Waals surface area contributed by atoms with Crippen LogP contribution < -0.4 is 11.0 Å². The first-order valence-electron chi connectivity index (χ1n) is 9.51. The van der Waals surface area contributed by atoms with Gasteiger partial charge in [-0.05, 0) is 22.3 Å². The van der Waals surface area contributed by atoms with Gasteiger partial charge in [-0.25, -0.2) is 14.4 Å². The third kappa shape index (κ3) is 3.71. The Hall–Kier alpha value is -3.81. The molecule has 0 saturated carbocycles. The van der Waals surface area contributed by atoms with Crippen molar-refractivity contribution < 1.29 is 19.1 Å². The second kappa shape index (κ2) is 8.28. The summed E-state index contributed by atoms with van der Waals surface area (Å²) in [6, 6.07) is 15.0. The van der Waals surface area contributed by atoms with Gasteiger partial charge in [0.05, 0.1) is 13.7 Å². The Bertz CT molecular complexity index is 1090. The van der Waals surface area contributed by atoms with Gasteiger partial charge in [-0.1, -0.05) is 48.5 Å². The topological polar surface area (TPSA) is 102 Å². The lowest BCUT2D eigenvalue weighted by Gasteiger charge is -2.18. The largest absolute Gasteiger partial charge is 0.467 e. The van der Waals surface area contributed by atoms with E-state index in [0.29, 0.717) is 0 Å². The third-order valence-corrected chi connectivity index (χ3v) is 5.22. The minimum Gasteiger partial charge on any atom is -0.467 e. The maximum Gasteiger partial charge on any atom is 0.407 e. The summed E-state index contributed by atoms with van der Waals surface area (Å²) in [6.07, 6.45) is 2.18. The van der Waals surface area contributed by atoms with E-state index in [1.54, 1.807) is 0 Å². The van der Waals surface area contributed by atoms with Crippen LogP contribution >= 0.6 is 0 Å². The van der Waals surface area contributed by atoms with Crippen molar-refractivity contribution in [3.8, 4) is 11.1 Å². The maximum absolute atomic E-state index is 12.4. The van der Waals surface area contributed by atoms with Gasteiger partial charge in [0.25, 0.3) is 0 Å². The summed E-state index contributed by atoms with van der Waals surface area (Å²) in [5, 5.41) is 2.50. The fourth-order valence-electron chi connectivity index (χ4n) is 3.79. The van der Waals surface area contributed by atoms with Crippen LogP contribution in [0.2, 0.25) is 0 Å². The predicted octanol–water partition coefficient (Wildman–Crippen LogP) is 2.26. The number of carbonyl (C=O) groups excluding carboxylic acids is 2. The molecule has 1 heterocycles. The molecule has 2 N–H and O–H groups in total. The number of esters is 1. The van der Waals surface area contributed by atoms with Gasteiger partial charge in [0.15, 0.2) is 0 Å². The van der Waals surface area contributed by atoms with E-state index in [1.807, 2.05) is 36.4 Å². The summed E-state index contributed by atoms with van der Waals surface area (Å²) in [5.41, 5.74) is 4.05. The third-order valence-electron chi connectivity index (χ3n) is 5.22. The summed E-state index contributed by atoms with van der Waals surface area (Å²) in [5.74, 6) is -0.761. The number of methoxy groups -OCH3 is 1. The van der Waals surface area contributed by atoms with E-state index in [0.717, 1.165) is 22.3 Å². The van der Waals surface area contributed by atoms with E-state index in [4.69, 9.17) is 9.47 Å². The molecule has 4 rings (SSSR count). The van der Waals surface area contributed by atoms with Gasteiger partial charge >= 0.3 is 17.8 Å². The zero-order chi connectivity index (χ0) is 21.1. The Morgan fingerprint density at radius 3 is 2.30 bits per heavy atom. The van der Waals surface area contributed by atoms with E-state index in [2.05, 4.69) is 22.4 Å². The highest BCUT2D eigenvalue weighted by Gasteiger charge is 2.30. The molecule has 0 unspecified atom stereocenters. The molecule has 1 amide bonds. The van der Waals surface area contributed by atoms with Gasteiger partial charge in [-0.15, -0.1) is 0 Å². The lowest BCUT2D eigenvalue weighted by atomic mass is 9.98. The number of H-pyrrole nitrogens is 1. The molecule has 8 heteroatoms. The number of aromatic nitrogens is 2. The van der Waals surface area contributed by atoms with Crippen molar-refractivity contribution in [2.24, 2.45) is 0 Å². The molecule has 1 aromatic heterocycles. The molecule has 8 nitrogen and oxygen atoms in total. The highest BCUT2D eigenvalue weighted by atomic mass is 16.6. The number of hydrogen-bond donors (Lipinski definition) is 2. The smallest absolute Gasteiger partial charge is 0.407 e. The number of benzene rings is 2. The van der Waals surface area contributed by atoms with Crippen molar-refractivity contribution in [1.82, 2.24) is 14.9 Å². The van der Waals surface area contributed by atoms with Crippen LogP contribution in [0.3, 0.4) is 0 Å². The van der Waals surface area contributed by atoms with Gasteiger partial charge in [0.2, 0.25) is 0 Å². The van der Waals surface area contributed by atoms with Gasteiger partial charge < -0.3 is 19.8 Å². The number of carbonyl (C=O) groups is 2. The summed E-state index contributed by atoms with van der Waals surface area (Å²) >= 11 is 0. The number of ether oxygens (including phenoxy) is 2. The second-order valence-corrected chi connectivity index (χ2v) is 6.96. The van der Waals surface area contributed by atoms with E-state index >= 15 is 0 Å². The minimum absolute atomic E-state index is 0.0702. The van der Waals surface area contributed by atoms with E-state index in [9.17, 15) is 14.4 Å². The molecule has 3 aromatic rings. The van der Waals surface area contributed by atoms with Crippen molar-refractivity contribution in [2.45, 2.75) is 18.5 Å². The maximum atomic E-state index is 12.4. The van der Waals surface area contributed by atoms with Gasteiger partial charge in [0.1, 0.15) is 12.6 Å². The monoisotopic (exact) mass is 407 g/mol. The molecule has 0 aliphatic heterocycles. The Labute approximate surface area is 172 Å². The van der Waals surface area contributed by atoms with Crippen LogP contribution in [-0.2, 0) is 20.8 Å². The molecule has 0 fully saturated rings. The van der Waals surface area contributed by atoms with Crippen LogP contribution in [0.25, 0.3) is 11.1 Å². The van der Waals surface area contributed by atoms with Crippen molar-refractivity contribution in [2.75, 3.05) is 13.7 Å². The van der Waals surface area contributed by atoms with Crippen LogP contribution in [0.4, 0.5) is 4.79 Å². The fraction of sp³-hybridized carbons (Fsp3) is 0.227. The number of nitrogens with zero attached hydrogens (tertiary/aromatic N) is 1. The minimum atomic E-state index is -1.06. The van der Waals surface area contributed by atoms with Crippen molar-refractivity contribution in [3.05, 3.63) is 82.5 Å². The van der Waals surface area contributed by atoms with Crippen LogP contribution in [0.5, 0.6) is 0 Å². The predicted molar refractivity (Wildman–Crippen MR) is 109 cm³/mol. The molecule has 1 aliphatic carbocycles. The molecule has 2 aromatic carbocycles. The number of nitrogens with one attached hydrogen (secondary N) is 2. The number of hydrogen-bond acceptors (Lipinski definition) is 5. The first-order chi connectivity index (χ1) is 14.6. The summed E-state index contributed by atoms with van der Waals surface area (Å²) in [6.45, 7) is 0.0526. The SMILES string of the molecule is COC(=O)[C@H](Cn1cc[nH]c1=O)NC(=O)OCC1c2ccccc2-c2ccccc21. The fourth-order valence-corrected chi connectivity index (χ4v) is 3.79. The normalized spacial score (nSPS) is 13.2. The van der Waals surface area contributed by atoms with Crippen LogP contribution in [0.1, 0.15) is 17.0 Å².